The van der Waals surface area contributed by atoms with Gasteiger partial charge in [0.15, 0.2) is 4.90 Å². The molecule has 3 rings (SSSR count). The highest BCUT2D eigenvalue weighted by molar-refractivity contribution is 7.87. The molecule has 13 nitrogen and oxygen atoms in total. The van der Waals surface area contributed by atoms with Crippen molar-refractivity contribution in [2.45, 2.75) is 95.5 Å². The monoisotopic (exact) mass is 587 g/mol. The first-order valence-electron chi connectivity index (χ1n) is 13.2. The number of ether oxygens (including phenoxy) is 2. The molecule has 2 amide bonds. The van der Waals surface area contributed by atoms with Gasteiger partial charge in [-0.2, -0.15) is 8.42 Å². The Morgan fingerprint density at radius 2 is 1.30 bits per heavy atom. The maximum absolute atomic E-state index is 12.4. The van der Waals surface area contributed by atoms with Crippen LogP contribution in [-0.4, -0.2) is 90.0 Å². The molecule has 0 bridgehead atoms. The van der Waals surface area contributed by atoms with Crippen molar-refractivity contribution in [2.75, 3.05) is 26.2 Å². The van der Waals surface area contributed by atoms with Crippen LogP contribution in [0.1, 0.15) is 67.2 Å². The standard InChI is InChI=1S/C16H22N2O7S.C10H19NO3/c1-16(2,3)24-15(19)17-10-8-12(9-11-17)25-26(22,23)14-7-5-4-6-13(14)18(20)21;1-10(2,3)14-9(13)11-6-4-8(12)5-7-11/h4-7,12H,8-11H2,1-3H3;8,12H,4-7H2,1-3H3. The van der Waals surface area contributed by atoms with E-state index in [9.17, 15) is 33.2 Å². The molecular weight excluding hydrogens is 546 g/mol. The first-order chi connectivity index (χ1) is 18.4. The topological polar surface area (TPSA) is 166 Å². The van der Waals surface area contributed by atoms with Crippen molar-refractivity contribution in [2.24, 2.45) is 0 Å². The molecular formula is C26H41N3O10S. The Kier molecular flexibility index (Phi) is 11.3. The zero-order valence-corrected chi connectivity index (χ0v) is 24.8. The summed E-state index contributed by atoms with van der Waals surface area (Å²) in [5.74, 6) is 0. The predicted molar refractivity (Wildman–Crippen MR) is 145 cm³/mol. The van der Waals surface area contributed by atoms with E-state index in [1.54, 1.807) is 25.7 Å². The molecule has 2 aliphatic heterocycles. The zero-order valence-electron chi connectivity index (χ0n) is 24.0. The molecule has 1 N–H and O–H groups in total. The van der Waals surface area contributed by atoms with Gasteiger partial charge in [-0.3, -0.25) is 14.3 Å². The van der Waals surface area contributed by atoms with Crippen LogP contribution in [0, 0.1) is 10.1 Å². The normalized spacial score (nSPS) is 17.5. The minimum absolute atomic E-state index is 0.256. The Morgan fingerprint density at radius 3 is 1.73 bits per heavy atom. The van der Waals surface area contributed by atoms with Crippen molar-refractivity contribution in [1.82, 2.24) is 9.80 Å². The van der Waals surface area contributed by atoms with E-state index in [0.717, 1.165) is 12.1 Å². The highest BCUT2D eigenvalue weighted by atomic mass is 32.2. The molecule has 1 aromatic carbocycles. The fourth-order valence-corrected chi connectivity index (χ4v) is 5.18. The number of benzene rings is 1. The van der Waals surface area contributed by atoms with E-state index in [2.05, 4.69) is 0 Å². The molecule has 0 atom stereocenters. The van der Waals surface area contributed by atoms with Crippen LogP contribution in [-0.2, 0) is 23.8 Å². The van der Waals surface area contributed by atoms with Gasteiger partial charge in [0.1, 0.15) is 11.2 Å². The van der Waals surface area contributed by atoms with Gasteiger partial charge in [0, 0.05) is 32.2 Å². The van der Waals surface area contributed by atoms with E-state index < -0.39 is 49.0 Å². The van der Waals surface area contributed by atoms with Crippen molar-refractivity contribution in [3.63, 3.8) is 0 Å². The third-order valence-electron chi connectivity index (χ3n) is 5.80. The summed E-state index contributed by atoms with van der Waals surface area (Å²) in [5, 5.41) is 20.3. The minimum atomic E-state index is -4.28. The first kappa shape index (κ1) is 33.2. The minimum Gasteiger partial charge on any atom is -0.444 e. The summed E-state index contributed by atoms with van der Waals surface area (Å²) in [6.07, 6.45) is 0.241. The molecule has 14 heteroatoms. The smallest absolute Gasteiger partial charge is 0.410 e. The van der Waals surface area contributed by atoms with Gasteiger partial charge in [0.25, 0.3) is 5.69 Å². The molecule has 2 heterocycles. The Hall–Kier alpha value is -2.97. The van der Waals surface area contributed by atoms with Crippen molar-refractivity contribution in [1.29, 1.82) is 0 Å². The van der Waals surface area contributed by atoms with Gasteiger partial charge in [0.2, 0.25) is 0 Å². The molecule has 0 unspecified atom stereocenters. The summed E-state index contributed by atoms with van der Waals surface area (Å²) in [6.45, 7) is 12.6. The highest BCUT2D eigenvalue weighted by Crippen LogP contribution is 2.28. The van der Waals surface area contributed by atoms with E-state index in [1.165, 1.54) is 17.0 Å². The van der Waals surface area contributed by atoms with Crippen LogP contribution >= 0.6 is 0 Å². The van der Waals surface area contributed by atoms with Crippen LogP contribution in [0.25, 0.3) is 0 Å². The van der Waals surface area contributed by atoms with Gasteiger partial charge in [-0.1, -0.05) is 12.1 Å². The van der Waals surface area contributed by atoms with Crippen molar-refractivity contribution >= 4 is 28.0 Å². The number of hydrogen-bond acceptors (Lipinski definition) is 10. The van der Waals surface area contributed by atoms with Crippen LogP contribution in [0.3, 0.4) is 0 Å². The van der Waals surface area contributed by atoms with E-state index in [4.69, 9.17) is 13.7 Å². The van der Waals surface area contributed by atoms with Gasteiger partial charge in [-0.05, 0) is 73.3 Å². The quantitative estimate of drug-likeness (QED) is 0.308. The lowest BCUT2D eigenvalue weighted by molar-refractivity contribution is -0.387. The lowest BCUT2D eigenvalue weighted by Gasteiger charge is -2.32. The van der Waals surface area contributed by atoms with Gasteiger partial charge in [-0.25, -0.2) is 9.59 Å². The summed E-state index contributed by atoms with van der Waals surface area (Å²) in [7, 11) is -4.28. The number of nitro groups is 1. The van der Waals surface area contributed by atoms with Gasteiger partial charge in [0.05, 0.1) is 17.1 Å². The molecule has 40 heavy (non-hydrogen) atoms. The van der Waals surface area contributed by atoms with E-state index in [0.29, 0.717) is 38.8 Å². The second kappa shape index (κ2) is 13.6. The maximum Gasteiger partial charge on any atom is 0.410 e. The lowest BCUT2D eigenvalue weighted by atomic mass is 10.1. The van der Waals surface area contributed by atoms with Crippen molar-refractivity contribution in [3.8, 4) is 0 Å². The first-order valence-corrected chi connectivity index (χ1v) is 14.6. The van der Waals surface area contributed by atoms with Crippen LogP contribution in [0.5, 0.6) is 0 Å². The van der Waals surface area contributed by atoms with Crippen LogP contribution in [0.15, 0.2) is 29.2 Å². The van der Waals surface area contributed by atoms with Crippen LogP contribution < -0.4 is 0 Å². The number of hydrogen-bond donors (Lipinski definition) is 1. The molecule has 0 saturated carbocycles. The second-order valence-electron chi connectivity index (χ2n) is 11.6. The van der Waals surface area contributed by atoms with Gasteiger partial charge in [-0.15, -0.1) is 0 Å². The van der Waals surface area contributed by atoms with Crippen LogP contribution in [0.2, 0.25) is 0 Å². The third kappa shape index (κ3) is 10.9. The average Bonchev–Trinajstić information content (AvgIpc) is 2.83. The number of nitrogens with zero attached hydrogens (tertiary/aromatic N) is 3. The summed E-state index contributed by atoms with van der Waals surface area (Å²) < 4.78 is 40.5. The Bertz CT molecular complexity index is 1130. The Labute approximate surface area is 235 Å². The van der Waals surface area contributed by atoms with E-state index in [1.807, 2.05) is 20.8 Å². The molecule has 2 fully saturated rings. The fraction of sp³-hybridized carbons (Fsp3) is 0.692. The number of likely N-dealkylation sites (tertiary alicyclic amines) is 2. The van der Waals surface area contributed by atoms with E-state index >= 15 is 0 Å². The zero-order chi connectivity index (χ0) is 30.3. The summed E-state index contributed by atoms with van der Waals surface area (Å²) in [4.78, 5) is 36.5. The number of carbonyl (C=O) groups is 2. The molecule has 1 aromatic rings. The Morgan fingerprint density at radius 1 is 0.875 bits per heavy atom. The SMILES string of the molecule is CC(C)(C)OC(=O)N1CCC(O)CC1.CC(C)(C)OC(=O)N1CCC(OS(=O)(=O)c2ccccc2[N+](=O)[O-])CC1. The molecule has 226 valence electrons. The van der Waals surface area contributed by atoms with Gasteiger partial charge < -0.3 is 24.4 Å². The average molecular weight is 588 g/mol. The number of nitro benzene ring substituents is 1. The lowest BCUT2D eigenvalue weighted by Crippen LogP contribution is -2.43. The number of amides is 2. The molecule has 0 aromatic heterocycles. The molecule has 2 aliphatic rings. The fourth-order valence-electron chi connectivity index (χ4n) is 3.89. The Balaban J connectivity index is 0.000000337. The molecule has 0 aliphatic carbocycles. The molecule has 0 radical (unpaired) electrons. The maximum atomic E-state index is 12.4. The molecule has 0 spiro atoms. The van der Waals surface area contributed by atoms with Gasteiger partial charge >= 0.3 is 22.3 Å². The number of aliphatic hydroxyl groups excluding tert-OH is 1. The highest BCUT2D eigenvalue weighted by Gasteiger charge is 2.33. The number of aliphatic hydroxyl groups is 1. The summed E-state index contributed by atoms with van der Waals surface area (Å²) >= 11 is 0. The number of piperidine rings is 2. The third-order valence-corrected chi connectivity index (χ3v) is 7.21. The number of rotatable bonds is 4. The van der Waals surface area contributed by atoms with Crippen molar-refractivity contribution in [3.05, 3.63) is 34.4 Å². The van der Waals surface area contributed by atoms with Crippen molar-refractivity contribution < 1.29 is 41.7 Å². The summed E-state index contributed by atoms with van der Waals surface area (Å²) in [5.41, 5.74) is -1.58. The predicted octanol–water partition coefficient (Wildman–Crippen LogP) is 4.08. The largest absolute Gasteiger partial charge is 0.444 e. The summed E-state index contributed by atoms with van der Waals surface area (Å²) in [6, 6.07) is 5.04. The van der Waals surface area contributed by atoms with Crippen LogP contribution in [0.4, 0.5) is 15.3 Å². The number of carbonyl (C=O) groups excluding carboxylic acids is 2. The number of para-hydroxylation sites is 1. The van der Waals surface area contributed by atoms with E-state index in [-0.39, 0.29) is 25.3 Å². The second-order valence-corrected chi connectivity index (χ2v) is 13.2. The molecule has 2 saturated heterocycles.